The molecule has 3 nitrogen and oxygen atoms in total. The minimum absolute atomic E-state index is 0.123. The van der Waals surface area contributed by atoms with Gasteiger partial charge in [-0.05, 0) is 37.3 Å². The summed E-state index contributed by atoms with van der Waals surface area (Å²) in [5.74, 6) is -0.819. The maximum atomic E-state index is 13.6. The Balaban J connectivity index is 2.27. The summed E-state index contributed by atoms with van der Waals surface area (Å²) >= 11 is 5.79. The second kappa shape index (κ2) is 6.54. The van der Waals surface area contributed by atoms with Gasteiger partial charge in [-0.3, -0.25) is 0 Å². The molecule has 1 N–H and O–H groups in total. The summed E-state index contributed by atoms with van der Waals surface area (Å²) < 4.78 is 32.3. The minimum atomic E-state index is -0.508. The van der Waals surface area contributed by atoms with Gasteiger partial charge in [0.1, 0.15) is 24.0 Å². The van der Waals surface area contributed by atoms with Gasteiger partial charge in [-0.25, -0.2) is 8.78 Å². The normalized spacial score (nSPS) is 11.5. The summed E-state index contributed by atoms with van der Waals surface area (Å²) in [6, 6.07) is 7.88. The lowest BCUT2D eigenvalue weighted by atomic mass is 10.1. The van der Waals surface area contributed by atoms with E-state index in [2.05, 4.69) is 5.16 Å². The van der Waals surface area contributed by atoms with Gasteiger partial charge >= 0.3 is 0 Å². The zero-order valence-corrected chi connectivity index (χ0v) is 11.9. The first-order chi connectivity index (χ1) is 10.0. The van der Waals surface area contributed by atoms with Crippen LogP contribution < -0.4 is 4.74 Å². The molecule has 0 aromatic heterocycles. The van der Waals surface area contributed by atoms with E-state index in [1.165, 1.54) is 30.3 Å². The largest absolute Gasteiger partial charge is 0.488 e. The summed E-state index contributed by atoms with van der Waals surface area (Å²) in [5.41, 5.74) is 0.925. The second-order valence-electron chi connectivity index (χ2n) is 4.35. The number of ether oxygens (including phenoxy) is 1. The molecule has 0 radical (unpaired) electrons. The molecule has 0 heterocycles. The molecule has 2 aromatic rings. The summed E-state index contributed by atoms with van der Waals surface area (Å²) in [5, 5.41) is 12.2. The molecule has 21 heavy (non-hydrogen) atoms. The molecule has 0 unspecified atom stereocenters. The first-order valence-corrected chi connectivity index (χ1v) is 6.44. The smallest absolute Gasteiger partial charge is 0.131 e. The summed E-state index contributed by atoms with van der Waals surface area (Å²) in [6.07, 6.45) is 0. The van der Waals surface area contributed by atoms with E-state index in [9.17, 15) is 8.78 Å². The van der Waals surface area contributed by atoms with Gasteiger partial charge in [-0.15, -0.1) is 0 Å². The maximum absolute atomic E-state index is 13.6. The highest BCUT2D eigenvalue weighted by molar-refractivity contribution is 6.30. The van der Waals surface area contributed by atoms with Crippen LogP contribution in [0.4, 0.5) is 8.78 Å². The van der Waals surface area contributed by atoms with Crippen LogP contribution in [0.3, 0.4) is 0 Å². The van der Waals surface area contributed by atoms with Gasteiger partial charge < -0.3 is 9.94 Å². The van der Waals surface area contributed by atoms with E-state index in [0.717, 1.165) is 6.07 Å². The molecule has 0 aliphatic heterocycles. The molecule has 2 aromatic carbocycles. The topological polar surface area (TPSA) is 41.8 Å². The van der Waals surface area contributed by atoms with Crippen molar-refractivity contribution in [2.24, 2.45) is 5.16 Å². The molecule has 6 heteroatoms. The van der Waals surface area contributed by atoms with Gasteiger partial charge in [-0.1, -0.05) is 16.8 Å². The van der Waals surface area contributed by atoms with Gasteiger partial charge in [-0.2, -0.15) is 0 Å². The van der Waals surface area contributed by atoms with Gasteiger partial charge in [0, 0.05) is 22.2 Å². The Morgan fingerprint density at radius 2 is 2.00 bits per heavy atom. The van der Waals surface area contributed by atoms with Crippen LogP contribution in [0.1, 0.15) is 18.1 Å². The third-order valence-electron chi connectivity index (χ3n) is 2.87. The maximum Gasteiger partial charge on any atom is 0.131 e. The van der Waals surface area contributed by atoms with Gasteiger partial charge in [0.2, 0.25) is 0 Å². The van der Waals surface area contributed by atoms with Gasteiger partial charge in [0.25, 0.3) is 0 Å². The van der Waals surface area contributed by atoms with Crippen molar-refractivity contribution < 1.29 is 18.7 Å². The van der Waals surface area contributed by atoms with Crippen LogP contribution in [0.15, 0.2) is 41.6 Å². The van der Waals surface area contributed by atoms with Crippen LogP contribution in [0.5, 0.6) is 5.75 Å². The van der Waals surface area contributed by atoms with Crippen molar-refractivity contribution in [3.05, 3.63) is 64.2 Å². The van der Waals surface area contributed by atoms with E-state index in [1.807, 2.05) is 0 Å². The Kier molecular flexibility index (Phi) is 4.75. The Hall–Kier alpha value is -2.14. The number of nitrogens with zero attached hydrogens (tertiary/aromatic N) is 1. The number of rotatable bonds is 4. The van der Waals surface area contributed by atoms with Crippen molar-refractivity contribution in [1.82, 2.24) is 0 Å². The third kappa shape index (κ3) is 3.70. The Morgan fingerprint density at radius 3 is 2.71 bits per heavy atom. The van der Waals surface area contributed by atoms with Crippen molar-refractivity contribution in [3.8, 4) is 5.75 Å². The molecule has 0 bridgehead atoms. The molecule has 0 saturated heterocycles. The van der Waals surface area contributed by atoms with Crippen LogP contribution in [0.25, 0.3) is 0 Å². The number of benzene rings is 2. The zero-order valence-electron chi connectivity index (χ0n) is 11.1. The van der Waals surface area contributed by atoms with E-state index in [1.54, 1.807) is 6.92 Å². The summed E-state index contributed by atoms with van der Waals surface area (Å²) in [4.78, 5) is 0. The van der Waals surface area contributed by atoms with E-state index in [-0.39, 0.29) is 23.6 Å². The highest BCUT2D eigenvalue weighted by atomic mass is 35.5. The lowest BCUT2D eigenvalue weighted by molar-refractivity contribution is 0.296. The fourth-order valence-electron chi connectivity index (χ4n) is 1.78. The summed E-state index contributed by atoms with van der Waals surface area (Å²) in [6.45, 7) is 1.42. The predicted octanol–water partition coefficient (Wildman–Crippen LogP) is 4.40. The number of halogens is 3. The lowest BCUT2D eigenvalue weighted by Gasteiger charge is -2.11. The first kappa shape index (κ1) is 15.3. The average molecular weight is 312 g/mol. The average Bonchev–Trinajstić information content (AvgIpc) is 2.47. The van der Waals surface area contributed by atoms with Crippen LogP contribution in [-0.2, 0) is 6.61 Å². The summed E-state index contributed by atoms with van der Waals surface area (Å²) in [7, 11) is 0. The molecule has 2 rings (SSSR count). The van der Waals surface area contributed by atoms with E-state index >= 15 is 0 Å². The Bertz CT molecular complexity index is 689. The monoisotopic (exact) mass is 311 g/mol. The van der Waals surface area contributed by atoms with E-state index < -0.39 is 11.6 Å². The van der Waals surface area contributed by atoms with E-state index in [0.29, 0.717) is 10.6 Å². The van der Waals surface area contributed by atoms with Crippen LogP contribution in [-0.4, -0.2) is 10.9 Å². The molecule has 0 amide bonds. The molecule has 0 aliphatic rings. The van der Waals surface area contributed by atoms with Crippen molar-refractivity contribution in [3.63, 3.8) is 0 Å². The van der Waals surface area contributed by atoms with Crippen molar-refractivity contribution >= 4 is 17.3 Å². The fraction of sp³-hybridized carbons (Fsp3) is 0.133. The highest BCUT2D eigenvalue weighted by Crippen LogP contribution is 2.23. The van der Waals surface area contributed by atoms with Gasteiger partial charge in [0.15, 0.2) is 0 Å². The van der Waals surface area contributed by atoms with Gasteiger partial charge in [0.05, 0.1) is 5.71 Å². The molecular weight excluding hydrogens is 300 g/mol. The molecule has 0 fully saturated rings. The fourth-order valence-corrected chi connectivity index (χ4v) is 1.97. The second-order valence-corrected chi connectivity index (χ2v) is 4.79. The molecule has 110 valence electrons. The van der Waals surface area contributed by atoms with Crippen LogP contribution in [0, 0.1) is 11.6 Å². The molecule has 0 atom stereocenters. The van der Waals surface area contributed by atoms with Crippen molar-refractivity contribution in [1.29, 1.82) is 0 Å². The SMILES string of the molecule is C/C(=N/O)c1ccc(F)cc1OCc1cc(Cl)ccc1F. The molecule has 0 aliphatic carbocycles. The zero-order chi connectivity index (χ0) is 15.4. The highest BCUT2D eigenvalue weighted by Gasteiger charge is 2.11. The quantitative estimate of drug-likeness (QED) is 0.517. The molecular formula is C15H12ClF2NO2. The first-order valence-electron chi connectivity index (χ1n) is 6.06. The van der Waals surface area contributed by atoms with Crippen molar-refractivity contribution in [2.75, 3.05) is 0 Å². The van der Waals surface area contributed by atoms with Crippen LogP contribution in [0.2, 0.25) is 5.02 Å². The Morgan fingerprint density at radius 1 is 1.24 bits per heavy atom. The number of hydrogen-bond acceptors (Lipinski definition) is 3. The van der Waals surface area contributed by atoms with Crippen LogP contribution >= 0.6 is 11.6 Å². The Labute approximate surface area is 125 Å². The number of oxime groups is 1. The standard InChI is InChI=1S/C15H12ClF2NO2/c1-9(19-20)13-4-3-12(17)7-15(13)21-8-10-6-11(16)2-5-14(10)18/h2-7,20H,8H2,1H3/b19-9-. The van der Waals surface area contributed by atoms with Crippen molar-refractivity contribution in [2.45, 2.75) is 13.5 Å². The number of hydrogen-bond donors (Lipinski definition) is 1. The van der Waals surface area contributed by atoms with E-state index in [4.69, 9.17) is 21.5 Å². The third-order valence-corrected chi connectivity index (χ3v) is 3.11. The molecule has 0 spiro atoms. The molecule has 0 saturated carbocycles. The predicted molar refractivity (Wildman–Crippen MR) is 76.1 cm³/mol. The lowest BCUT2D eigenvalue weighted by Crippen LogP contribution is -2.04. The minimum Gasteiger partial charge on any atom is -0.488 e.